The van der Waals surface area contributed by atoms with Crippen LogP contribution in [-0.4, -0.2) is 42.7 Å². The van der Waals surface area contributed by atoms with Gasteiger partial charge in [0.05, 0.1) is 17.2 Å². The molecule has 0 aliphatic carbocycles. The number of aryl methyl sites for hydroxylation is 2. The highest BCUT2D eigenvalue weighted by molar-refractivity contribution is 5.98. The fourth-order valence-electron chi connectivity index (χ4n) is 5.11. The molecular formula is C25H25FN6O. The molecule has 4 heterocycles. The van der Waals surface area contributed by atoms with Crippen LogP contribution in [0, 0.1) is 5.82 Å². The third-order valence-electron chi connectivity index (χ3n) is 6.65. The summed E-state index contributed by atoms with van der Waals surface area (Å²) in [5.74, 6) is 0.155. The van der Waals surface area contributed by atoms with Gasteiger partial charge in [0, 0.05) is 47.8 Å². The van der Waals surface area contributed by atoms with Crippen LogP contribution in [-0.2, 0) is 17.7 Å². The van der Waals surface area contributed by atoms with E-state index in [-0.39, 0.29) is 5.82 Å². The van der Waals surface area contributed by atoms with Gasteiger partial charge in [0.25, 0.3) is 0 Å². The summed E-state index contributed by atoms with van der Waals surface area (Å²) >= 11 is 0. The number of nitrogens with one attached hydrogen (secondary N) is 1. The Morgan fingerprint density at radius 2 is 1.97 bits per heavy atom. The molecule has 1 aliphatic heterocycles. The second-order valence-corrected chi connectivity index (χ2v) is 8.65. The van der Waals surface area contributed by atoms with E-state index in [9.17, 15) is 4.39 Å². The van der Waals surface area contributed by atoms with Crippen LogP contribution in [0.2, 0.25) is 0 Å². The highest BCUT2D eigenvalue weighted by Gasteiger charge is 2.27. The molecule has 2 aromatic carbocycles. The normalized spacial score (nSPS) is 15.1. The number of fused-ring (bicyclic) bond motifs is 2. The summed E-state index contributed by atoms with van der Waals surface area (Å²) in [5.41, 5.74) is 5.80. The molecule has 1 N–H and O–H groups in total. The number of hydrogen-bond donors (Lipinski definition) is 1. The molecule has 5 aromatic rings. The van der Waals surface area contributed by atoms with E-state index in [0.717, 1.165) is 67.5 Å². The molecule has 1 aliphatic rings. The van der Waals surface area contributed by atoms with Gasteiger partial charge in [-0.1, -0.05) is 0 Å². The fourth-order valence-corrected chi connectivity index (χ4v) is 5.11. The van der Waals surface area contributed by atoms with Gasteiger partial charge in [-0.15, -0.1) is 0 Å². The summed E-state index contributed by atoms with van der Waals surface area (Å²) in [7, 11) is 0. The molecule has 0 radical (unpaired) electrons. The maximum absolute atomic E-state index is 13.8. The Labute approximate surface area is 190 Å². The Hall–Kier alpha value is -3.52. The van der Waals surface area contributed by atoms with Crippen molar-refractivity contribution in [1.29, 1.82) is 0 Å². The molecule has 6 rings (SSSR count). The minimum Gasteiger partial charge on any atom is -0.381 e. The molecule has 0 saturated carbocycles. The zero-order valence-electron chi connectivity index (χ0n) is 18.2. The van der Waals surface area contributed by atoms with Crippen molar-refractivity contribution in [1.82, 2.24) is 29.5 Å². The number of nitrogens with zero attached hydrogens (tertiary/aromatic N) is 5. The van der Waals surface area contributed by atoms with Gasteiger partial charge in [0.1, 0.15) is 18.5 Å². The van der Waals surface area contributed by atoms with Crippen molar-refractivity contribution in [3.05, 3.63) is 72.3 Å². The Kier molecular flexibility index (Phi) is 5.14. The zero-order chi connectivity index (χ0) is 22.2. The Bertz CT molecular complexity index is 1380. The number of rotatable bonds is 6. The van der Waals surface area contributed by atoms with Crippen LogP contribution >= 0.6 is 0 Å². The fraction of sp³-hybridized carbons (Fsp3) is 0.320. The first-order chi connectivity index (χ1) is 16.3. The Balaban J connectivity index is 1.55. The van der Waals surface area contributed by atoms with Crippen molar-refractivity contribution < 1.29 is 9.13 Å². The summed E-state index contributed by atoms with van der Waals surface area (Å²) in [6.07, 6.45) is 9.01. The van der Waals surface area contributed by atoms with Gasteiger partial charge >= 0.3 is 0 Å². The summed E-state index contributed by atoms with van der Waals surface area (Å²) in [6.45, 7) is 2.33. The molecule has 0 unspecified atom stereocenters. The summed E-state index contributed by atoms with van der Waals surface area (Å²) < 4.78 is 23.7. The van der Waals surface area contributed by atoms with Gasteiger partial charge < -0.3 is 9.30 Å². The quantitative estimate of drug-likeness (QED) is 0.410. The standard InChI is InChI=1S/C25H25FN6O/c26-19-3-5-20(6-4-19)32-24-12-18-14-28-30-23(18)13-22(24)21(2-1-9-31-16-27-15-29-31)25(32)17-7-10-33-11-8-17/h3-6,12-17H,1-2,7-11H2,(H,28,30). The lowest BCUT2D eigenvalue weighted by molar-refractivity contribution is 0.0841. The Morgan fingerprint density at radius 1 is 1.12 bits per heavy atom. The molecule has 1 saturated heterocycles. The number of H-pyrrole nitrogens is 1. The van der Waals surface area contributed by atoms with Gasteiger partial charge in [0.2, 0.25) is 0 Å². The molecule has 7 nitrogen and oxygen atoms in total. The van der Waals surface area contributed by atoms with E-state index >= 15 is 0 Å². The highest BCUT2D eigenvalue weighted by atomic mass is 19.1. The summed E-state index contributed by atoms with van der Waals surface area (Å²) in [6, 6.07) is 11.2. The van der Waals surface area contributed by atoms with Crippen LogP contribution in [0.3, 0.4) is 0 Å². The first kappa shape index (κ1) is 20.1. The van der Waals surface area contributed by atoms with Gasteiger partial charge in [-0.05, 0) is 67.6 Å². The molecule has 8 heteroatoms. The minimum atomic E-state index is -0.229. The highest BCUT2D eigenvalue weighted by Crippen LogP contribution is 2.40. The number of ether oxygens (including phenoxy) is 1. The van der Waals surface area contributed by atoms with Crippen molar-refractivity contribution in [2.24, 2.45) is 0 Å². The van der Waals surface area contributed by atoms with E-state index in [2.05, 4.69) is 37.0 Å². The molecular weight excluding hydrogens is 419 g/mol. The molecule has 33 heavy (non-hydrogen) atoms. The van der Waals surface area contributed by atoms with Crippen molar-refractivity contribution in [3.8, 4) is 5.69 Å². The number of aromatic nitrogens is 6. The van der Waals surface area contributed by atoms with E-state index in [1.54, 1.807) is 12.7 Å². The molecule has 0 bridgehead atoms. The maximum atomic E-state index is 13.8. The third-order valence-corrected chi connectivity index (χ3v) is 6.65. The summed E-state index contributed by atoms with van der Waals surface area (Å²) in [5, 5.41) is 13.9. The summed E-state index contributed by atoms with van der Waals surface area (Å²) in [4.78, 5) is 4.06. The molecule has 168 valence electrons. The average Bonchev–Trinajstić information content (AvgIpc) is 3.58. The average molecular weight is 445 g/mol. The SMILES string of the molecule is Fc1ccc(-n2c(C3CCOCC3)c(CCCn3cncn3)c3cc4[nH]ncc4cc32)cc1. The van der Waals surface area contributed by atoms with Gasteiger partial charge in [0.15, 0.2) is 0 Å². The number of hydrogen-bond acceptors (Lipinski definition) is 4. The molecule has 0 spiro atoms. The Morgan fingerprint density at radius 3 is 2.76 bits per heavy atom. The monoisotopic (exact) mass is 444 g/mol. The number of aromatic amines is 1. The second-order valence-electron chi connectivity index (χ2n) is 8.65. The van der Waals surface area contributed by atoms with Crippen molar-refractivity contribution in [2.45, 2.75) is 38.1 Å². The van der Waals surface area contributed by atoms with E-state index in [1.165, 1.54) is 28.8 Å². The van der Waals surface area contributed by atoms with E-state index in [0.29, 0.717) is 5.92 Å². The smallest absolute Gasteiger partial charge is 0.137 e. The van der Waals surface area contributed by atoms with Crippen LogP contribution in [0.25, 0.3) is 27.5 Å². The second kappa shape index (κ2) is 8.44. The first-order valence-corrected chi connectivity index (χ1v) is 11.4. The van der Waals surface area contributed by atoms with Crippen LogP contribution in [0.15, 0.2) is 55.2 Å². The minimum absolute atomic E-state index is 0.229. The largest absolute Gasteiger partial charge is 0.381 e. The van der Waals surface area contributed by atoms with E-state index in [4.69, 9.17) is 4.74 Å². The predicted molar refractivity (Wildman–Crippen MR) is 124 cm³/mol. The van der Waals surface area contributed by atoms with E-state index in [1.807, 2.05) is 23.0 Å². The van der Waals surface area contributed by atoms with Gasteiger partial charge in [-0.3, -0.25) is 9.78 Å². The molecule has 0 atom stereocenters. The van der Waals surface area contributed by atoms with Gasteiger partial charge in [-0.25, -0.2) is 9.37 Å². The van der Waals surface area contributed by atoms with Crippen LogP contribution in [0.1, 0.15) is 36.4 Å². The predicted octanol–water partition coefficient (Wildman–Crippen LogP) is 4.76. The molecule has 0 amide bonds. The topological polar surface area (TPSA) is 73.6 Å². The first-order valence-electron chi connectivity index (χ1n) is 11.4. The third kappa shape index (κ3) is 3.70. The molecule has 1 fully saturated rings. The van der Waals surface area contributed by atoms with Crippen molar-refractivity contribution in [3.63, 3.8) is 0 Å². The van der Waals surface area contributed by atoms with Crippen LogP contribution in [0.5, 0.6) is 0 Å². The lowest BCUT2D eigenvalue weighted by Gasteiger charge is -2.25. The van der Waals surface area contributed by atoms with Crippen LogP contribution < -0.4 is 0 Å². The van der Waals surface area contributed by atoms with Crippen molar-refractivity contribution in [2.75, 3.05) is 13.2 Å². The maximum Gasteiger partial charge on any atom is 0.137 e. The van der Waals surface area contributed by atoms with Crippen LogP contribution in [0.4, 0.5) is 4.39 Å². The molecule has 3 aromatic heterocycles. The number of halogens is 1. The van der Waals surface area contributed by atoms with Gasteiger partial charge in [-0.2, -0.15) is 10.2 Å². The number of benzene rings is 2. The lowest BCUT2D eigenvalue weighted by atomic mass is 9.91. The lowest BCUT2D eigenvalue weighted by Crippen LogP contribution is -2.18. The van der Waals surface area contributed by atoms with Crippen molar-refractivity contribution >= 4 is 21.8 Å². The van der Waals surface area contributed by atoms with E-state index < -0.39 is 0 Å². The zero-order valence-corrected chi connectivity index (χ0v) is 18.2.